The molecule has 4 heteroatoms. The Hall–Kier alpha value is -1.84. The molecule has 1 aliphatic carbocycles. The van der Waals surface area contributed by atoms with E-state index in [9.17, 15) is 4.79 Å². The van der Waals surface area contributed by atoms with Gasteiger partial charge < -0.3 is 10.1 Å². The molecule has 1 aliphatic rings. The summed E-state index contributed by atoms with van der Waals surface area (Å²) in [4.78, 5) is 13.2. The minimum absolute atomic E-state index is 0. The summed E-state index contributed by atoms with van der Waals surface area (Å²) in [5, 5.41) is 3.61. The van der Waals surface area contributed by atoms with Crippen LogP contribution in [0.1, 0.15) is 63.0 Å². The Bertz CT molecular complexity index is 672. The molecule has 3 nitrogen and oxygen atoms in total. The van der Waals surface area contributed by atoms with Crippen molar-refractivity contribution >= 4 is 18.4 Å². The van der Waals surface area contributed by atoms with Crippen LogP contribution in [0.15, 0.2) is 60.7 Å². The van der Waals surface area contributed by atoms with Gasteiger partial charge in [-0.3, -0.25) is 4.79 Å². The predicted octanol–water partition coefficient (Wildman–Crippen LogP) is 5.48. The highest BCUT2D eigenvalue weighted by molar-refractivity contribution is 5.85. The average Bonchev–Trinajstić information content (AvgIpc) is 2.69. The zero-order chi connectivity index (χ0) is 19.1. The molecule has 0 amide bonds. The number of halogens is 1. The lowest BCUT2D eigenvalue weighted by molar-refractivity contribution is -0.157. The second-order valence-corrected chi connectivity index (χ2v) is 8.15. The second kappa shape index (κ2) is 10.6. The van der Waals surface area contributed by atoms with Gasteiger partial charge in [0.25, 0.3) is 0 Å². The van der Waals surface area contributed by atoms with Crippen molar-refractivity contribution in [2.45, 2.75) is 63.5 Å². The van der Waals surface area contributed by atoms with Gasteiger partial charge in [0.1, 0.15) is 11.5 Å². The molecule has 1 N–H and O–H groups in total. The number of benzene rings is 2. The van der Waals surface area contributed by atoms with Gasteiger partial charge in [0.15, 0.2) is 0 Å². The van der Waals surface area contributed by atoms with Crippen molar-refractivity contribution in [2.24, 2.45) is 0 Å². The third-order valence-corrected chi connectivity index (χ3v) is 5.30. The summed E-state index contributed by atoms with van der Waals surface area (Å²) in [6.45, 7) is 4.67. The molecule has 0 aliphatic heterocycles. The first-order chi connectivity index (χ1) is 13.1. The smallest absolute Gasteiger partial charge is 0.318 e. The number of esters is 1. The van der Waals surface area contributed by atoms with Gasteiger partial charge in [0, 0.05) is 12.6 Å². The Morgan fingerprint density at radius 2 is 1.46 bits per heavy atom. The predicted molar refractivity (Wildman–Crippen MR) is 117 cm³/mol. The lowest BCUT2D eigenvalue weighted by Gasteiger charge is -2.31. The van der Waals surface area contributed by atoms with Crippen LogP contribution in [0.25, 0.3) is 0 Å². The molecule has 0 radical (unpaired) electrons. The summed E-state index contributed by atoms with van der Waals surface area (Å²) in [5.41, 5.74) is 1.38. The largest absolute Gasteiger partial charge is 0.458 e. The maximum atomic E-state index is 13.2. The van der Waals surface area contributed by atoms with Crippen LogP contribution < -0.4 is 5.32 Å². The van der Waals surface area contributed by atoms with Gasteiger partial charge in [-0.15, -0.1) is 12.4 Å². The second-order valence-electron chi connectivity index (χ2n) is 8.15. The SMILES string of the molecule is CC(C)(CNC1CCCCC1)OC(=O)C(c1ccccc1)c1ccccc1.Cl. The minimum Gasteiger partial charge on any atom is -0.458 e. The zero-order valence-corrected chi connectivity index (χ0v) is 17.7. The van der Waals surface area contributed by atoms with Gasteiger partial charge in [-0.1, -0.05) is 79.9 Å². The van der Waals surface area contributed by atoms with Crippen molar-refractivity contribution < 1.29 is 9.53 Å². The highest BCUT2D eigenvalue weighted by Gasteiger charge is 2.31. The van der Waals surface area contributed by atoms with Crippen molar-refractivity contribution in [1.29, 1.82) is 0 Å². The van der Waals surface area contributed by atoms with Gasteiger partial charge in [0.05, 0.1) is 0 Å². The van der Waals surface area contributed by atoms with E-state index in [0.29, 0.717) is 12.6 Å². The molecule has 152 valence electrons. The van der Waals surface area contributed by atoms with Gasteiger partial charge in [-0.25, -0.2) is 0 Å². The number of hydrogen-bond donors (Lipinski definition) is 1. The van der Waals surface area contributed by atoms with E-state index in [4.69, 9.17) is 4.74 Å². The van der Waals surface area contributed by atoms with E-state index in [2.05, 4.69) is 5.32 Å². The minimum atomic E-state index is -0.545. The van der Waals surface area contributed by atoms with Crippen LogP contribution in [0.3, 0.4) is 0 Å². The quantitative estimate of drug-likeness (QED) is 0.624. The number of carbonyl (C=O) groups is 1. The van der Waals surface area contributed by atoms with Crippen molar-refractivity contribution in [2.75, 3.05) is 6.54 Å². The molecule has 0 heterocycles. The first kappa shape index (κ1) is 22.4. The molecule has 1 fully saturated rings. The number of ether oxygens (including phenoxy) is 1. The lowest BCUT2D eigenvalue weighted by Crippen LogP contribution is -2.44. The third kappa shape index (κ3) is 6.35. The molecule has 2 aromatic rings. The summed E-state index contributed by atoms with van der Waals surface area (Å²) < 4.78 is 6.00. The lowest BCUT2D eigenvalue weighted by atomic mass is 9.91. The molecular weight excluding hydrogens is 370 g/mol. The Morgan fingerprint density at radius 3 is 1.96 bits per heavy atom. The van der Waals surface area contributed by atoms with E-state index in [1.54, 1.807) is 0 Å². The van der Waals surface area contributed by atoms with Gasteiger partial charge in [-0.05, 0) is 37.8 Å². The summed E-state index contributed by atoms with van der Waals surface area (Å²) in [5.74, 6) is -0.593. The number of hydrogen-bond acceptors (Lipinski definition) is 3. The Labute approximate surface area is 175 Å². The molecular formula is C24H32ClNO2. The van der Waals surface area contributed by atoms with Gasteiger partial charge in [-0.2, -0.15) is 0 Å². The summed E-state index contributed by atoms with van der Waals surface area (Å²) in [6, 6.07) is 20.3. The van der Waals surface area contributed by atoms with Crippen molar-refractivity contribution in [3.63, 3.8) is 0 Å². The van der Waals surface area contributed by atoms with Crippen LogP contribution in [-0.4, -0.2) is 24.2 Å². The first-order valence-corrected chi connectivity index (χ1v) is 10.1. The fourth-order valence-corrected chi connectivity index (χ4v) is 3.82. The average molecular weight is 402 g/mol. The summed E-state index contributed by atoms with van der Waals surface area (Å²) in [6.07, 6.45) is 6.37. The Kier molecular flexibility index (Phi) is 8.53. The third-order valence-electron chi connectivity index (χ3n) is 5.30. The zero-order valence-electron chi connectivity index (χ0n) is 16.9. The van der Waals surface area contributed by atoms with E-state index >= 15 is 0 Å². The van der Waals surface area contributed by atoms with Crippen LogP contribution in [-0.2, 0) is 9.53 Å². The molecule has 3 rings (SSSR count). The van der Waals surface area contributed by atoms with Crippen LogP contribution in [0.2, 0.25) is 0 Å². The maximum Gasteiger partial charge on any atom is 0.318 e. The molecule has 0 bridgehead atoms. The summed E-state index contributed by atoms with van der Waals surface area (Å²) >= 11 is 0. The van der Waals surface area contributed by atoms with Crippen molar-refractivity contribution in [3.05, 3.63) is 71.8 Å². The number of nitrogens with one attached hydrogen (secondary N) is 1. The molecule has 0 unspecified atom stereocenters. The highest BCUT2D eigenvalue weighted by Crippen LogP contribution is 2.28. The fraction of sp³-hybridized carbons (Fsp3) is 0.458. The van der Waals surface area contributed by atoms with E-state index in [0.717, 1.165) is 11.1 Å². The van der Waals surface area contributed by atoms with Gasteiger partial charge >= 0.3 is 5.97 Å². The molecule has 0 spiro atoms. The molecule has 0 atom stereocenters. The van der Waals surface area contributed by atoms with E-state index in [-0.39, 0.29) is 18.4 Å². The maximum absolute atomic E-state index is 13.2. The molecule has 28 heavy (non-hydrogen) atoms. The fourth-order valence-electron chi connectivity index (χ4n) is 3.82. The number of carbonyl (C=O) groups excluding carboxylic acids is 1. The van der Waals surface area contributed by atoms with E-state index < -0.39 is 11.5 Å². The Morgan fingerprint density at radius 1 is 0.964 bits per heavy atom. The van der Waals surface area contributed by atoms with Crippen molar-refractivity contribution in [3.8, 4) is 0 Å². The molecule has 0 saturated heterocycles. The molecule has 0 aromatic heterocycles. The highest BCUT2D eigenvalue weighted by atomic mass is 35.5. The Balaban J connectivity index is 0.00000280. The topological polar surface area (TPSA) is 38.3 Å². The standard InChI is InChI=1S/C24H31NO2.ClH/c1-24(2,18-25-21-16-10-5-11-17-21)27-23(26)22(19-12-6-3-7-13-19)20-14-8-4-9-15-20;/h3-4,6-9,12-15,21-22,25H,5,10-11,16-18H2,1-2H3;1H. The molecule has 2 aromatic carbocycles. The number of rotatable bonds is 7. The van der Waals surface area contributed by atoms with Crippen molar-refractivity contribution in [1.82, 2.24) is 5.32 Å². The summed E-state index contributed by atoms with van der Waals surface area (Å²) in [7, 11) is 0. The van der Waals surface area contributed by atoms with Crippen LogP contribution in [0, 0.1) is 0 Å². The van der Waals surface area contributed by atoms with Crippen LogP contribution >= 0.6 is 12.4 Å². The first-order valence-electron chi connectivity index (χ1n) is 10.1. The monoisotopic (exact) mass is 401 g/mol. The van der Waals surface area contributed by atoms with Crippen LogP contribution in [0.4, 0.5) is 0 Å². The van der Waals surface area contributed by atoms with Crippen LogP contribution in [0.5, 0.6) is 0 Å². The van der Waals surface area contributed by atoms with Gasteiger partial charge in [0.2, 0.25) is 0 Å². The molecule has 1 saturated carbocycles. The van der Waals surface area contributed by atoms with E-state index in [1.807, 2.05) is 74.5 Å². The normalized spacial score (nSPS) is 15.1. The van der Waals surface area contributed by atoms with E-state index in [1.165, 1.54) is 32.1 Å².